The van der Waals surface area contributed by atoms with Crippen LogP contribution in [0.1, 0.15) is 62.2 Å². The first kappa shape index (κ1) is 24.4. The van der Waals surface area contributed by atoms with Crippen molar-refractivity contribution in [1.82, 2.24) is 10.1 Å². The Hall–Kier alpha value is -1.89. The number of aliphatic hydroxyl groups is 1. The summed E-state index contributed by atoms with van der Waals surface area (Å²) < 4.78 is 12.2. The van der Waals surface area contributed by atoms with Crippen molar-refractivity contribution in [2.24, 2.45) is 5.92 Å². The average molecular weight is 546 g/mol. The van der Waals surface area contributed by atoms with Crippen molar-refractivity contribution < 1.29 is 14.4 Å². The molecule has 2 aromatic heterocycles. The summed E-state index contributed by atoms with van der Waals surface area (Å²) in [7, 11) is 0. The maximum absolute atomic E-state index is 11.5. The van der Waals surface area contributed by atoms with Crippen LogP contribution in [0.5, 0.6) is 0 Å². The van der Waals surface area contributed by atoms with E-state index in [1.165, 1.54) is 0 Å². The van der Waals surface area contributed by atoms with Crippen molar-refractivity contribution in [3.8, 4) is 11.3 Å². The first-order valence-electron chi connectivity index (χ1n) is 12.5. The van der Waals surface area contributed by atoms with Gasteiger partial charge in [0.1, 0.15) is 11.5 Å². The number of nitrogens with zero attached hydrogens (tertiary/aromatic N) is 2. The van der Waals surface area contributed by atoms with Gasteiger partial charge in [-0.2, -0.15) is 0 Å². The van der Waals surface area contributed by atoms with Crippen molar-refractivity contribution >= 4 is 47.0 Å². The number of benzene rings is 1. The molecule has 3 aromatic rings. The fraction of sp³-hybridized carbons (Fsp3) is 0.429. The highest BCUT2D eigenvalue weighted by molar-refractivity contribution is 6.39. The molecule has 1 N–H and O–H groups in total. The number of aromatic nitrogens is 2. The Labute approximate surface area is 224 Å². The van der Waals surface area contributed by atoms with Crippen LogP contribution in [-0.2, 0) is 11.3 Å². The normalized spacial score (nSPS) is 25.7. The quantitative estimate of drug-likeness (QED) is 0.409. The van der Waals surface area contributed by atoms with E-state index in [-0.39, 0.29) is 12.0 Å². The van der Waals surface area contributed by atoms with Crippen LogP contribution in [-0.4, -0.2) is 27.0 Å². The largest absolute Gasteiger partial charge is 0.389 e. The maximum atomic E-state index is 11.5. The van der Waals surface area contributed by atoms with Crippen LogP contribution in [0.4, 0.5) is 0 Å². The lowest BCUT2D eigenvalue weighted by atomic mass is 9.72. The van der Waals surface area contributed by atoms with E-state index in [1.807, 2.05) is 18.2 Å². The lowest BCUT2D eigenvalue weighted by Crippen LogP contribution is -2.45. The second-order valence-electron chi connectivity index (χ2n) is 10.2. The zero-order valence-electron chi connectivity index (χ0n) is 19.7. The first-order chi connectivity index (χ1) is 17.4. The van der Waals surface area contributed by atoms with Gasteiger partial charge in [0.15, 0.2) is 0 Å². The van der Waals surface area contributed by atoms with E-state index in [0.717, 1.165) is 54.0 Å². The van der Waals surface area contributed by atoms with Crippen LogP contribution < -0.4 is 10.6 Å². The van der Waals surface area contributed by atoms with E-state index in [0.29, 0.717) is 51.7 Å². The van der Waals surface area contributed by atoms with Gasteiger partial charge in [-0.25, -0.2) is 0 Å². The summed E-state index contributed by atoms with van der Waals surface area (Å²) in [6, 6.07) is 7.24. The number of pyridine rings is 1. The van der Waals surface area contributed by atoms with Gasteiger partial charge in [0, 0.05) is 34.4 Å². The lowest BCUT2D eigenvalue weighted by Gasteiger charge is -2.40. The third kappa shape index (κ3) is 4.61. The molecule has 0 spiro atoms. The fourth-order valence-corrected chi connectivity index (χ4v) is 6.36. The smallest absolute Gasteiger partial charge is 0.145 e. The van der Waals surface area contributed by atoms with Crippen LogP contribution in [0.25, 0.3) is 23.4 Å². The van der Waals surface area contributed by atoms with Crippen molar-refractivity contribution in [3.63, 3.8) is 0 Å². The second kappa shape index (κ2) is 9.77. The molecular weight excluding hydrogens is 519 g/mol. The molecule has 1 atom stereocenters. The molecule has 3 aliphatic carbocycles. The van der Waals surface area contributed by atoms with E-state index in [9.17, 15) is 5.11 Å². The molecule has 1 aromatic carbocycles. The summed E-state index contributed by atoms with van der Waals surface area (Å²) >= 11 is 19.3. The SMILES string of the molecule is O[C@]1(C2C=c3nccc(Cl)c3=CC2)CC[C@H](OCc2c(-c3c(Cl)cccc3Cl)noc2C2CC2)CC1. The molecule has 1 unspecified atom stereocenters. The van der Waals surface area contributed by atoms with Gasteiger partial charge >= 0.3 is 0 Å². The van der Waals surface area contributed by atoms with Crippen molar-refractivity contribution in [3.05, 3.63) is 67.4 Å². The summed E-state index contributed by atoms with van der Waals surface area (Å²) in [5.74, 6) is 1.28. The lowest BCUT2D eigenvalue weighted by molar-refractivity contribution is -0.0772. The van der Waals surface area contributed by atoms with Crippen LogP contribution >= 0.6 is 34.8 Å². The van der Waals surface area contributed by atoms with Gasteiger partial charge in [-0.3, -0.25) is 4.98 Å². The van der Waals surface area contributed by atoms with E-state index in [1.54, 1.807) is 12.3 Å². The van der Waals surface area contributed by atoms with Gasteiger partial charge in [-0.15, -0.1) is 0 Å². The van der Waals surface area contributed by atoms with E-state index in [2.05, 4.69) is 22.3 Å². The molecule has 5 nitrogen and oxygen atoms in total. The van der Waals surface area contributed by atoms with E-state index in [4.69, 9.17) is 44.1 Å². The maximum Gasteiger partial charge on any atom is 0.145 e. The molecule has 2 fully saturated rings. The average Bonchev–Trinajstić information content (AvgIpc) is 3.64. The Morgan fingerprint density at radius 3 is 2.50 bits per heavy atom. The molecule has 6 rings (SSSR count). The van der Waals surface area contributed by atoms with E-state index < -0.39 is 5.60 Å². The summed E-state index contributed by atoms with van der Waals surface area (Å²) in [4.78, 5) is 4.46. The standard InChI is InChI=1S/C28H27Cl3N2O3/c29-21-10-13-32-24-14-17(6-7-19(21)24)28(34)11-8-18(9-12-28)35-15-20-26(33-36-27(20)16-4-5-16)25-22(30)2-1-3-23(25)31/h1-3,7,10,13-14,16-18,34H,4-6,8-9,11-12,15H2/t17?,18-,28+. The van der Waals surface area contributed by atoms with Crippen LogP contribution in [0.3, 0.4) is 0 Å². The minimum atomic E-state index is -0.773. The minimum absolute atomic E-state index is 0.0189. The summed E-state index contributed by atoms with van der Waals surface area (Å²) in [6.45, 7) is 0.383. The zero-order valence-corrected chi connectivity index (χ0v) is 22.0. The van der Waals surface area contributed by atoms with Gasteiger partial charge in [0.25, 0.3) is 0 Å². The molecule has 0 amide bonds. The molecular formula is C28H27Cl3N2O3. The highest BCUT2D eigenvalue weighted by atomic mass is 35.5. The Kier molecular flexibility index (Phi) is 6.63. The Balaban J connectivity index is 1.16. The molecule has 0 aliphatic heterocycles. The third-order valence-corrected chi connectivity index (χ3v) is 8.78. The summed E-state index contributed by atoms with van der Waals surface area (Å²) in [6.07, 6.45) is 11.8. The van der Waals surface area contributed by atoms with Gasteiger partial charge in [-0.1, -0.05) is 58.2 Å². The number of ether oxygens (including phenoxy) is 1. The van der Waals surface area contributed by atoms with Crippen LogP contribution in [0.15, 0.2) is 35.0 Å². The van der Waals surface area contributed by atoms with Crippen molar-refractivity contribution in [2.75, 3.05) is 0 Å². The van der Waals surface area contributed by atoms with Gasteiger partial charge in [0.2, 0.25) is 0 Å². The Morgan fingerprint density at radius 1 is 1.03 bits per heavy atom. The highest BCUT2D eigenvalue weighted by Crippen LogP contribution is 2.46. The number of hydrogen-bond acceptors (Lipinski definition) is 5. The highest BCUT2D eigenvalue weighted by Gasteiger charge is 2.40. The molecule has 2 saturated carbocycles. The van der Waals surface area contributed by atoms with Crippen molar-refractivity contribution in [1.29, 1.82) is 0 Å². The summed E-state index contributed by atoms with van der Waals surface area (Å²) in [5.41, 5.74) is 1.51. The van der Waals surface area contributed by atoms with E-state index >= 15 is 0 Å². The molecule has 0 saturated heterocycles. The molecule has 36 heavy (non-hydrogen) atoms. The van der Waals surface area contributed by atoms with Gasteiger partial charge in [-0.05, 0) is 63.1 Å². The number of halogens is 3. The van der Waals surface area contributed by atoms with Crippen LogP contribution in [0, 0.1) is 5.92 Å². The second-order valence-corrected chi connectivity index (χ2v) is 11.4. The molecule has 0 bridgehead atoms. The molecule has 3 aliphatic rings. The molecule has 188 valence electrons. The predicted molar refractivity (Wildman–Crippen MR) is 141 cm³/mol. The van der Waals surface area contributed by atoms with Gasteiger partial charge < -0.3 is 14.4 Å². The Morgan fingerprint density at radius 2 is 1.78 bits per heavy atom. The van der Waals surface area contributed by atoms with Crippen LogP contribution in [0.2, 0.25) is 15.1 Å². The fourth-order valence-electron chi connectivity index (χ4n) is 5.56. The predicted octanol–water partition coefficient (Wildman–Crippen LogP) is 6.05. The zero-order chi connectivity index (χ0) is 24.9. The molecule has 0 radical (unpaired) electrons. The minimum Gasteiger partial charge on any atom is -0.389 e. The Bertz CT molecular complexity index is 1390. The molecule has 2 heterocycles. The topological polar surface area (TPSA) is 68.4 Å². The molecule has 8 heteroatoms. The number of rotatable bonds is 6. The summed E-state index contributed by atoms with van der Waals surface area (Å²) in [5, 5.41) is 19.5. The third-order valence-electron chi connectivity index (χ3n) is 7.82. The monoisotopic (exact) mass is 544 g/mol. The number of hydrogen-bond donors (Lipinski definition) is 1. The first-order valence-corrected chi connectivity index (χ1v) is 13.7. The van der Waals surface area contributed by atoms with Gasteiger partial charge in [0.05, 0.1) is 38.7 Å². The van der Waals surface area contributed by atoms with Crippen molar-refractivity contribution in [2.45, 2.75) is 69.2 Å². The number of fused-ring (bicyclic) bond motifs is 1.